The van der Waals surface area contributed by atoms with E-state index < -0.39 is 22.8 Å². The Kier molecular flexibility index (Phi) is 9.41. The number of fused-ring (bicyclic) bond motifs is 8. The molecule has 1 amide bonds. The van der Waals surface area contributed by atoms with Gasteiger partial charge in [0.05, 0.1) is 29.5 Å². The highest BCUT2D eigenvalue weighted by molar-refractivity contribution is 5.85. The van der Waals surface area contributed by atoms with E-state index in [-0.39, 0.29) is 51.8 Å². The highest BCUT2D eigenvalue weighted by Gasteiger charge is 2.72. The van der Waals surface area contributed by atoms with Gasteiger partial charge in [0, 0.05) is 10.8 Å². The van der Waals surface area contributed by atoms with Gasteiger partial charge in [-0.15, -0.1) is 0 Å². The monoisotopic (exact) mass is 740 g/mol. The van der Waals surface area contributed by atoms with Crippen LogP contribution >= 0.6 is 0 Å². The van der Waals surface area contributed by atoms with Crippen molar-refractivity contribution in [3.63, 3.8) is 0 Å². The molecule has 7 rings (SSSR count). The number of carbonyl (C=O) groups is 3. The molecule has 0 bridgehead atoms. The van der Waals surface area contributed by atoms with E-state index in [1.54, 1.807) is 19.9 Å². The number of hydrogen-bond acceptors (Lipinski definition) is 6. The van der Waals surface area contributed by atoms with E-state index in [0.29, 0.717) is 35.7 Å². The SMILES string of the molecule is C=C(C)C1CCC2(C(=O)NCc3ccc4cccc(O)c4n3)CC[C@]3(C)C(CCC4C5(C)CCC(OC(=O)CC(C)(C)C(=O)O)C(C)(C)C5CCC43C)C12. The first-order valence-electron chi connectivity index (χ1n) is 20.7. The summed E-state index contributed by atoms with van der Waals surface area (Å²) in [6.07, 6.45) is 9.65. The summed E-state index contributed by atoms with van der Waals surface area (Å²) >= 11 is 0. The lowest BCUT2D eigenvalue weighted by Crippen LogP contribution is -2.67. The second kappa shape index (κ2) is 13.1. The highest BCUT2D eigenvalue weighted by Crippen LogP contribution is 2.77. The second-order valence-electron chi connectivity index (χ2n) is 20.4. The summed E-state index contributed by atoms with van der Waals surface area (Å²) in [5, 5.41) is 24.3. The van der Waals surface area contributed by atoms with Gasteiger partial charge in [-0.05, 0) is 143 Å². The van der Waals surface area contributed by atoms with Gasteiger partial charge in [-0.3, -0.25) is 14.4 Å². The average molecular weight is 741 g/mol. The van der Waals surface area contributed by atoms with E-state index in [2.05, 4.69) is 53.4 Å². The molecule has 8 nitrogen and oxygen atoms in total. The average Bonchev–Trinajstić information content (AvgIpc) is 3.50. The highest BCUT2D eigenvalue weighted by atomic mass is 16.5. The molecule has 10 atom stereocenters. The van der Waals surface area contributed by atoms with E-state index in [0.717, 1.165) is 75.3 Å². The van der Waals surface area contributed by atoms with Crippen LogP contribution in [-0.4, -0.2) is 39.1 Å². The molecule has 0 aliphatic heterocycles. The third-order valence-electron chi connectivity index (χ3n) is 17.1. The molecule has 1 aromatic heterocycles. The van der Waals surface area contributed by atoms with Crippen molar-refractivity contribution in [1.29, 1.82) is 0 Å². The number of benzene rings is 1. The number of aromatic nitrogens is 1. The fourth-order valence-electron chi connectivity index (χ4n) is 14.0. The summed E-state index contributed by atoms with van der Waals surface area (Å²) in [5.74, 6) is 0.788. The first-order valence-corrected chi connectivity index (χ1v) is 20.7. The van der Waals surface area contributed by atoms with Gasteiger partial charge in [0.2, 0.25) is 5.91 Å². The molecular formula is C46H64N2O6. The number of carboxylic acid groups (broad SMARTS) is 1. The minimum atomic E-state index is -1.16. The van der Waals surface area contributed by atoms with Crippen LogP contribution in [0.1, 0.15) is 132 Å². The number of rotatable bonds is 8. The summed E-state index contributed by atoms with van der Waals surface area (Å²) in [4.78, 5) is 44.2. The Bertz CT molecular complexity index is 1870. The maximum atomic E-state index is 14.7. The standard InChI is InChI=1S/C46H64N2O6/c1-27(2)30-17-22-46(39(51)47-26-29-14-13-28-11-10-12-32(49)38(28)48-29)24-23-44(8)31(37(30)46)15-16-34-43(7)20-19-35(54-36(50)25-41(3,4)40(52)53)42(5,6)33(43)18-21-45(34,44)9/h10-14,30-31,33-35,37,49H,1,15-26H2,2-9H3,(H,47,51)(H,52,53)/t30?,31?,33?,34?,35?,37?,43?,44-,45?,46?/m1/s1. The van der Waals surface area contributed by atoms with Gasteiger partial charge in [0.15, 0.2) is 0 Å². The van der Waals surface area contributed by atoms with E-state index in [1.165, 1.54) is 5.57 Å². The fourth-order valence-corrected chi connectivity index (χ4v) is 14.0. The predicted molar refractivity (Wildman–Crippen MR) is 210 cm³/mol. The Morgan fingerprint density at radius 2 is 1.65 bits per heavy atom. The summed E-state index contributed by atoms with van der Waals surface area (Å²) in [5.41, 5.74) is 0.945. The number of ether oxygens (including phenoxy) is 1. The van der Waals surface area contributed by atoms with Crippen LogP contribution in [0.25, 0.3) is 10.9 Å². The Balaban J connectivity index is 1.13. The molecule has 294 valence electrons. The minimum Gasteiger partial charge on any atom is -0.506 e. The molecule has 5 aliphatic rings. The summed E-state index contributed by atoms with van der Waals surface area (Å²) in [7, 11) is 0. The normalized spacial score (nSPS) is 38.3. The first-order chi connectivity index (χ1) is 25.2. The van der Waals surface area contributed by atoms with Crippen molar-refractivity contribution in [2.75, 3.05) is 0 Å². The van der Waals surface area contributed by atoms with Crippen molar-refractivity contribution in [2.45, 2.75) is 139 Å². The van der Waals surface area contributed by atoms with Crippen LogP contribution in [0.15, 0.2) is 42.5 Å². The molecule has 1 heterocycles. The second-order valence-corrected chi connectivity index (χ2v) is 20.4. The molecule has 5 aliphatic carbocycles. The number of nitrogens with one attached hydrogen (secondary N) is 1. The lowest BCUT2D eigenvalue weighted by molar-refractivity contribution is -0.249. The number of aliphatic carboxylic acids is 1. The maximum Gasteiger partial charge on any atom is 0.309 e. The molecule has 3 N–H and O–H groups in total. The number of amides is 1. The summed E-state index contributed by atoms with van der Waals surface area (Å²) < 4.78 is 6.18. The van der Waals surface area contributed by atoms with E-state index in [1.807, 2.05) is 24.3 Å². The van der Waals surface area contributed by atoms with Crippen LogP contribution in [0.5, 0.6) is 5.75 Å². The summed E-state index contributed by atoms with van der Waals surface area (Å²) in [6.45, 7) is 22.5. The molecule has 9 unspecified atom stereocenters. The van der Waals surface area contributed by atoms with Crippen LogP contribution in [0.4, 0.5) is 0 Å². The minimum absolute atomic E-state index is 0.0731. The smallest absolute Gasteiger partial charge is 0.309 e. The number of aromatic hydroxyl groups is 1. The Morgan fingerprint density at radius 3 is 2.35 bits per heavy atom. The van der Waals surface area contributed by atoms with Crippen molar-refractivity contribution < 1.29 is 29.3 Å². The van der Waals surface area contributed by atoms with E-state index in [4.69, 9.17) is 9.72 Å². The number of esters is 1. The number of para-hydroxylation sites is 1. The van der Waals surface area contributed by atoms with E-state index >= 15 is 0 Å². The van der Waals surface area contributed by atoms with Crippen LogP contribution < -0.4 is 5.32 Å². The van der Waals surface area contributed by atoms with Gasteiger partial charge in [-0.2, -0.15) is 0 Å². The lowest BCUT2D eigenvalue weighted by Gasteiger charge is -2.72. The zero-order valence-electron chi connectivity index (χ0n) is 34.0. The van der Waals surface area contributed by atoms with Crippen LogP contribution in [0, 0.1) is 62.1 Å². The number of phenolic OH excluding ortho intramolecular Hbond substituents is 1. The third kappa shape index (κ3) is 5.73. The largest absolute Gasteiger partial charge is 0.506 e. The van der Waals surface area contributed by atoms with Crippen LogP contribution in [-0.2, 0) is 25.7 Å². The van der Waals surface area contributed by atoms with Gasteiger partial charge in [0.25, 0.3) is 0 Å². The number of allylic oxidation sites excluding steroid dienone is 1. The zero-order valence-corrected chi connectivity index (χ0v) is 34.0. The molecule has 0 radical (unpaired) electrons. The molecule has 8 heteroatoms. The molecular weight excluding hydrogens is 677 g/mol. The Morgan fingerprint density at radius 1 is 0.907 bits per heavy atom. The molecule has 2 aromatic rings. The van der Waals surface area contributed by atoms with Gasteiger partial charge in [-0.25, -0.2) is 4.98 Å². The topological polar surface area (TPSA) is 126 Å². The molecule has 54 heavy (non-hydrogen) atoms. The van der Waals surface area contributed by atoms with Gasteiger partial charge >= 0.3 is 11.9 Å². The molecule has 0 spiro atoms. The van der Waals surface area contributed by atoms with Crippen LogP contribution in [0.3, 0.4) is 0 Å². The molecule has 0 saturated heterocycles. The Hall–Kier alpha value is -3.42. The molecule has 5 fully saturated rings. The number of nitrogens with zero attached hydrogens (tertiary/aromatic N) is 1. The van der Waals surface area contributed by atoms with Crippen molar-refractivity contribution >= 4 is 28.7 Å². The van der Waals surface area contributed by atoms with Crippen molar-refractivity contribution in [3.05, 3.63) is 48.2 Å². The van der Waals surface area contributed by atoms with Gasteiger partial charge < -0.3 is 20.3 Å². The quantitative estimate of drug-likeness (QED) is 0.182. The summed E-state index contributed by atoms with van der Waals surface area (Å²) in [6, 6.07) is 9.30. The fraction of sp³-hybridized carbons (Fsp3) is 0.696. The lowest BCUT2D eigenvalue weighted by atomic mass is 9.32. The number of hydrogen-bond donors (Lipinski definition) is 3. The van der Waals surface area contributed by atoms with Crippen molar-refractivity contribution in [2.24, 2.45) is 62.1 Å². The Labute approximate surface area is 322 Å². The van der Waals surface area contributed by atoms with Crippen LogP contribution in [0.2, 0.25) is 0 Å². The van der Waals surface area contributed by atoms with Gasteiger partial charge in [0.1, 0.15) is 17.4 Å². The number of carboxylic acids is 1. The number of phenols is 1. The zero-order chi connectivity index (χ0) is 39.2. The molecule has 1 aromatic carbocycles. The molecule has 5 saturated carbocycles. The maximum absolute atomic E-state index is 14.7. The number of carbonyl (C=O) groups excluding carboxylic acids is 2. The van der Waals surface area contributed by atoms with Crippen molar-refractivity contribution in [3.8, 4) is 5.75 Å². The van der Waals surface area contributed by atoms with Crippen molar-refractivity contribution in [1.82, 2.24) is 10.3 Å². The first kappa shape index (κ1) is 38.8. The predicted octanol–water partition coefficient (Wildman–Crippen LogP) is 9.63. The van der Waals surface area contributed by atoms with E-state index in [9.17, 15) is 24.6 Å². The van der Waals surface area contributed by atoms with Gasteiger partial charge in [-0.1, -0.05) is 65.0 Å². The third-order valence-corrected chi connectivity index (χ3v) is 17.1. The number of pyridine rings is 1.